The van der Waals surface area contributed by atoms with E-state index in [-0.39, 0.29) is 0 Å². The molecule has 0 amide bonds. The molecule has 0 aliphatic carbocycles. The van der Waals surface area contributed by atoms with E-state index in [1.807, 2.05) is 6.08 Å². The summed E-state index contributed by atoms with van der Waals surface area (Å²) in [6, 6.07) is 8.52. The van der Waals surface area contributed by atoms with Crippen LogP contribution in [-0.4, -0.2) is 13.1 Å². The molecule has 1 aromatic carbocycles. The minimum atomic E-state index is 0.922. The van der Waals surface area contributed by atoms with Crippen molar-refractivity contribution in [1.82, 2.24) is 0 Å². The molecular weight excluding hydrogens is 238 g/mol. The maximum absolute atomic E-state index is 4.33. The maximum Gasteiger partial charge on any atom is 0.0366 e. The van der Waals surface area contributed by atoms with Crippen LogP contribution in [0.15, 0.2) is 41.8 Å². The molecule has 1 heterocycles. The summed E-state index contributed by atoms with van der Waals surface area (Å²) in [6.45, 7) is 6.19. The lowest BCUT2D eigenvalue weighted by Crippen LogP contribution is -2.33. The largest absolute Gasteiger partial charge is 0.372 e. The highest BCUT2D eigenvalue weighted by molar-refractivity contribution is 7.80. The van der Waals surface area contributed by atoms with Crippen molar-refractivity contribution >= 4 is 18.3 Å². The van der Waals surface area contributed by atoms with Crippen molar-refractivity contribution in [3.63, 3.8) is 0 Å². The van der Waals surface area contributed by atoms with E-state index in [1.54, 1.807) is 0 Å². The zero-order valence-corrected chi connectivity index (χ0v) is 11.9. The minimum Gasteiger partial charge on any atom is -0.372 e. The smallest absolute Gasteiger partial charge is 0.0366 e. The van der Waals surface area contributed by atoms with Crippen molar-refractivity contribution in [3.8, 4) is 0 Å². The highest BCUT2D eigenvalue weighted by Crippen LogP contribution is 2.26. The van der Waals surface area contributed by atoms with Crippen LogP contribution < -0.4 is 4.90 Å². The second-order valence-corrected chi connectivity index (χ2v) is 5.68. The molecule has 1 aromatic rings. The van der Waals surface area contributed by atoms with Crippen molar-refractivity contribution in [2.24, 2.45) is 5.92 Å². The standard InChI is InChI=1S/C16H23NS/c1-2-3-4-5-14-10-12-17(13-11-14)15-6-8-16(18)9-7-15/h2,6-9,14,18H,1,3-5,10-13H2. The van der Waals surface area contributed by atoms with Crippen LogP contribution >= 0.6 is 12.6 Å². The van der Waals surface area contributed by atoms with Crippen LogP contribution in [0.25, 0.3) is 0 Å². The highest BCUT2D eigenvalue weighted by Gasteiger charge is 2.18. The fraction of sp³-hybridized carbons (Fsp3) is 0.500. The Bertz CT molecular complexity index is 363. The van der Waals surface area contributed by atoms with Crippen LogP contribution in [0.2, 0.25) is 0 Å². The molecule has 98 valence electrons. The first-order valence-corrected chi connectivity index (χ1v) is 7.39. The van der Waals surface area contributed by atoms with Crippen molar-refractivity contribution in [1.29, 1.82) is 0 Å². The number of hydrogen-bond acceptors (Lipinski definition) is 2. The number of nitrogens with zero attached hydrogens (tertiary/aromatic N) is 1. The fourth-order valence-corrected chi connectivity index (χ4v) is 2.84. The lowest BCUT2D eigenvalue weighted by atomic mass is 9.91. The molecule has 0 N–H and O–H groups in total. The normalized spacial score (nSPS) is 16.8. The monoisotopic (exact) mass is 261 g/mol. The summed E-state index contributed by atoms with van der Waals surface area (Å²) in [5.41, 5.74) is 1.34. The SMILES string of the molecule is C=CCCCC1CCN(c2ccc(S)cc2)CC1. The summed E-state index contributed by atoms with van der Waals surface area (Å²) in [7, 11) is 0. The molecule has 0 spiro atoms. The fourth-order valence-electron chi connectivity index (χ4n) is 2.69. The van der Waals surface area contributed by atoms with Gasteiger partial charge in [-0.3, -0.25) is 0 Å². The van der Waals surface area contributed by atoms with Gasteiger partial charge >= 0.3 is 0 Å². The van der Waals surface area contributed by atoms with E-state index < -0.39 is 0 Å². The zero-order chi connectivity index (χ0) is 12.8. The van der Waals surface area contributed by atoms with E-state index in [0.717, 1.165) is 10.8 Å². The average Bonchev–Trinajstić information content (AvgIpc) is 2.41. The van der Waals surface area contributed by atoms with Crippen LogP contribution in [-0.2, 0) is 0 Å². The number of allylic oxidation sites excluding steroid dienone is 1. The lowest BCUT2D eigenvalue weighted by molar-refractivity contribution is 0.374. The lowest BCUT2D eigenvalue weighted by Gasteiger charge is -2.33. The summed E-state index contributed by atoms with van der Waals surface area (Å²) >= 11 is 4.33. The van der Waals surface area contributed by atoms with E-state index in [2.05, 4.69) is 48.4 Å². The summed E-state index contributed by atoms with van der Waals surface area (Å²) in [4.78, 5) is 3.54. The van der Waals surface area contributed by atoms with E-state index in [9.17, 15) is 0 Å². The number of anilines is 1. The molecule has 18 heavy (non-hydrogen) atoms. The third kappa shape index (κ3) is 3.81. The summed E-state index contributed by atoms with van der Waals surface area (Å²) in [5, 5.41) is 0. The van der Waals surface area contributed by atoms with Gasteiger partial charge in [-0.25, -0.2) is 0 Å². The van der Waals surface area contributed by atoms with Crippen LogP contribution in [0.3, 0.4) is 0 Å². The van der Waals surface area contributed by atoms with Crippen molar-refractivity contribution < 1.29 is 0 Å². The Kier molecular flexibility index (Phi) is 5.18. The van der Waals surface area contributed by atoms with Gasteiger partial charge in [0.25, 0.3) is 0 Å². The number of unbranched alkanes of at least 4 members (excludes halogenated alkanes) is 1. The maximum atomic E-state index is 4.33. The summed E-state index contributed by atoms with van der Waals surface area (Å²) in [5.74, 6) is 0.922. The van der Waals surface area contributed by atoms with E-state index >= 15 is 0 Å². The molecule has 0 atom stereocenters. The van der Waals surface area contributed by atoms with Gasteiger partial charge in [0.15, 0.2) is 0 Å². The van der Waals surface area contributed by atoms with Gasteiger partial charge in [-0.1, -0.05) is 12.5 Å². The topological polar surface area (TPSA) is 3.24 Å². The molecule has 0 radical (unpaired) electrons. The van der Waals surface area contributed by atoms with Crippen molar-refractivity contribution in [2.45, 2.75) is 37.0 Å². The van der Waals surface area contributed by atoms with Crippen LogP contribution in [0, 0.1) is 5.92 Å². The molecule has 0 unspecified atom stereocenters. The molecule has 1 nitrogen and oxygen atoms in total. The first-order chi connectivity index (χ1) is 8.79. The van der Waals surface area contributed by atoms with Gasteiger partial charge in [-0.05, 0) is 55.9 Å². The Hall–Kier alpha value is -0.890. The Balaban J connectivity index is 1.79. The molecule has 2 heteroatoms. The third-order valence-corrected chi connectivity index (χ3v) is 4.15. The van der Waals surface area contributed by atoms with E-state index in [1.165, 1.54) is 50.9 Å². The number of benzene rings is 1. The average molecular weight is 261 g/mol. The molecular formula is C16H23NS. The van der Waals surface area contributed by atoms with Crippen LogP contribution in [0.1, 0.15) is 32.1 Å². The second kappa shape index (κ2) is 6.89. The Morgan fingerprint density at radius 2 is 1.89 bits per heavy atom. The van der Waals surface area contributed by atoms with Crippen molar-refractivity contribution in [3.05, 3.63) is 36.9 Å². The van der Waals surface area contributed by atoms with Gasteiger partial charge in [-0.2, -0.15) is 0 Å². The first kappa shape index (κ1) is 13.5. The van der Waals surface area contributed by atoms with Crippen molar-refractivity contribution in [2.75, 3.05) is 18.0 Å². The Labute approximate surface area is 116 Å². The first-order valence-electron chi connectivity index (χ1n) is 6.94. The summed E-state index contributed by atoms with van der Waals surface area (Å²) < 4.78 is 0. The molecule has 0 bridgehead atoms. The number of hydrogen-bond donors (Lipinski definition) is 1. The molecule has 1 fully saturated rings. The second-order valence-electron chi connectivity index (χ2n) is 5.17. The third-order valence-electron chi connectivity index (χ3n) is 3.85. The van der Waals surface area contributed by atoms with Gasteiger partial charge in [0, 0.05) is 23.7 Å². The number of piperidine rings is 1. The van der Waals surface area contributed by atoms with Gasteiger partial charge in [0.05, 0.1) is 0 Å². The van der Waals surface area contributed by atoms with Crippen LogP contribution in [0.4, 0.5) is 5.69 Å². The summed E-state index contributed by atoms with van der Waals surface area (Å²) in [6.07, 6.45) is 8.55. The molecule has 0 aromatic heterocycles. The van der Waals surface area contributed by atoms with Crippen LogP contribution in [0.5, 0.6) is 0 Å². The molecule has 2 rings (SSSR count). The minimum absolute atomic E-state index is 0.922. The Morgan fingerprint density at radius 1 is 1.22 bits per heavy atom. The van der Waals surface area contributed by atoms with Gasteiger partial charge in [-0.15, -0.1) is 19.2 Å². The van der Waals surface area contributed by atoms with E-state index in [0.29, 0.717) is 0 Å². The molecule has 0 saturated carbocycles. The van der Waals surface area contributed by atoms with Gasteiger partial charge in [0.1, 0.15) is 0 Å². The number of rotatable bonds is 5. The van der Waals surface area contributed by atoms with E-state index in [4.69, 9.17) is 0 Å². The number of thiol groups is 1. The predicted molar refractivity (Wildman–Crippen MR) is 82.7 cm³/mol. The molecule has 1 saturated heterocycles. The van der Waals surface area contributed by atoms with Gasteiger partial charge in [0.2, 0.25) is 0 Å². The molecule has 1 aliphatic heterocycles. The predicted octanol–water partition coefficient (Wildman–Crippen LogP) is 4.55. The molecule has 1 aliphatic rings. The Morgan fingerprint density at radius 3 is 2.50 bits per heavy atom. The highest BCUT2D eigenvalue weighted by atomic mass is 32.1. The quantitative estimate of drug-likeness (QED) is 0.462. The zero-order valence-electron chi connectivity index (χ0n) is 11.0. The van der Waals surface area contributed by atoms with Gasteiger partial charge < -0.3 is 4.90 Å².